The summed E-state index contributed by atoms with van der Waals surface area (Å²) in [7, 11) is 2.02. The van der Waals surface area contributed by atoms with Crippen molar-refractivity contribution in [1.82, 2.24) is 9.78 Å². The largest absolute Gasteiger partial charge is 0.384 e. The first-order valence-corrected chi connectivity index (χ1v) is 6.67. The second-order valence-electron chi connectivity index (χ2n) is 5.20. The lowest BCUT2D eigenvalue weighted by Gasteiger charge is -2.18. The van der Waals surface area contributed by atoms with Crippen LogP contribution < -0.4 is 10.6 Å². The predicted octanol–water partition coefficient (Wildman–Crippen LogP) is 2.38. The molecule has 5 heteroatoms. The number of nitrogens with one attached hydrogen (secondary N) is 1. The highest BCUT2D eigenvalue weighted by molar-refractivity contribution is 5.95. The molecule has 3 N–H and O–H groups in total. The molecule has 0 saturated heterocycles. The molecule has 0 amide bonds. The van der Waals surface area contributed by atoms with Crippen LogP contribution in [-0.4, -0.2) is 22.7 Å². The molecule has 0 atom stereocenters. The molecule has 2 rings (SSSR count). The minimum atomic E-state index is 0.0925. The number of hydrogen-bond donors (Lipinski definition) is 2. The fraction of sp³-hybridized carbons (Fsp3) is 0.333. The van der Waals surface area contributed by atoms with Crippen molar-refractivity contribution >= 4 is 11.5 Å². The zero-order valence-corrected chi connectivity index (χ0v) is 12.2. The third kappa shape index (κ3) is 3.17. The standard InChI is InChI=1S/C15H21N5/c1-11(2)20-9-8-13(18-20)10-19(3)14-6-4-12(5-7-14)15(16)17/h4-9,11H,10H2,1-3H3,(H3,16,17). The lowest BCUT2D eigenvalue weighted by Crippen LogP contribution is -2.17. The topological polar surface area (TPSA) is 70.9 Å². The zero-order valence-electron chi connectivity index (χ0n) is 12.2. The number of rotatable bonds is 5. The fourth-order valence-electron chi connectivity index (χ4n) is 1.98. The average molecular weight is 271 g/mol. The second-order valence-corrected chi connectivity index (χ2v) is 5.20. The van der Waals surface area contributed by atoms with E-state index in [1.54, 1.807) is 0 Å². The van der Waals surface area contributed by atoms with E-state index in [1.165, 1.54) is 0 Å². The molecule has 0 radical (unpaired) electrons. The van der Waals surface area contributed by atoms with Gasteiger partial charge in [-0.3, -0.25) is 10.1 Å². The summed E-state index contributed by atoms with van der Waals surface area (Å²) < 4.78 is 1.96. The number of nitrogen functional groups attached to an aromatic ring is 1. The van der Waals surface area contributed by atoms with Gasteiger partial charge in [0.1, 0.15) is 5.84 Å². The summed E-state index contributed by atoms with van der Waals surface area (Å²) in [6.45, 7) is 4.97. The number of benzene rings is 1. The maximum absolute atomic E-state index is 7.39. The van der Waals surface area contributed by atoms with Crippen molar-refractivity contribution in [3.8, 4) is 0 Å². The Morgan fingerprint density at radius 1 is 1.30 bits per heavy atom. The molecule has 0 aliphatic heterocycles. The van der Waals surface area contributed by atoms with E-state index in [2.05, 4.69) is 23.8 Å². The molecule has 2 aromatic rings. The summed E-state index contributed by atoms with van der Waals surface area (Å²) in [5.41, 5.74) is 8.31. The van der Waals surface area contributed by atoms with E-state index in [-0.39, 0.29) is 5.84 Å². The van der Waals surface area contributed by atoms with Gasteiger partial charge in [-0.05, 0) is 44.2 Å². The van der Waals surface area contributed by atoms with Crippen LogP contribution in [0.1, 0.15) is 31.1 Å². The highest BCUT2D eigenvalue weighted by Gasteiger charge is 2.07. The molecular formula is C15H21N5. The Bertz CT molecular complexity index is 583. The second kappa shape index (κ2) is 5.77. The summed E-state index contributed by atoms with van der Waals surface area (Å²) >= 11 is 0. The summed E-state index contributed by atoms with van der Waals surface area (Å²) in [6, 6.07) is 10.1. The Labute approximate surface area is 119 Å². The third-order valence-corrected chi connectivity index (χ3v) is 3.21. The molecule has 0 bridgehead atoms. The van der Waals surface area contributed by atoms with E-state index in [1.807, 2.05) is 48.3 Å². The molecule has 0 unspecified atom stereocenters. The summed E-state index contributed by atoms with van der Waals surface area (Å²) in [5, 5.41) is 11.9. The van der Waals surface area contributed by atoms with Gasteiger partial charge >= 0.3 is 0 Å². The van der Waals surface area contributed by atoms with E-state index in [0.29, 0.717) is 6.04 Å². The van der Waals surface area contributed by atoms with Crippen LogP contribution >= 0.6 is 0 Å². The van der Waals surface area contributed by atoms with Gasteiger partial charge in [0.2, 0.25) is 0 Å². The van der Waals surface area contributed by atoms with Crippen molar-refractivity contribution in [3.63, 3.8) is 0 Å². The smallest absolute Gasteiger partial charge is 0.122 e. The number of amidine groups is 1. The van der Waals surface area contributed by atoms with Crippen molar-refractivity contribution in [2.75, 3.05) is 11.9 Å². The average Bonchev–Trinajstić information content (AvgIpc) is 2.87. The molecule has 0 fully saturated rings. The molecule has 1 aromatic carbocycles. The van der Waals surface area contributed by atoms with Crippen LogP contribution in [0.4, 0.5) is 5.69 Å². The Hall–Kier alpha value is -2.30. The van der Waals surface area contributed by atoms with E-state index < -0.39 is 0 Å². The van der Waals surface area contributed by atoms with Gasteiger partial charge in [-0.25, -0.2) is 0 Å². The highest BCUT2D eigenvalue weighted by atomic mass is 15.3. The Balaban J connectivity index is 2.06. The molecule has 0 spiro atoms. The van der Waals surface area contributed by atoms with Gasteiger partial charge in [0.05, 0.1) is 12.2 Å². The monoisotopic (exact) mass is 271 g/mol. The minimum Gasteiger partial charge on any atom is -0.384 e. The lowest BCUT2D eigenvalue weighted by atomic mass is 10.2. The lowest BCUT2D eigenvalue weighted by molar-refractivity contribution is 0.526. The number of nitrogens with two attached hydrogens (primary N) is 1. The van der Waals surface area contributed by atoms with Gasteiger partial charge in [-0.1, -0.05) is 0 Å². The first-order valence-electron chi connectivity index (χ1n) is 6.67. The summed E-state index contributed by atoms with van der Waals surface area (Å²) in [5.74, 6) is 0.0925. The van der Waals surface area contributed by atoms with Crippen molar-refractivity contribution in [2.45, 2.75) is 26.4 Å². The number of aromatic nitrogens is 2. The molecule has 0 saturated carbocycles. The van der Waals surface area contributed by atoms with Crippen LogP contribution in [0.15, 0.2) is 36.5 Å². The van der Waals surface area contributed by atoms with Gasteiger partial charge in [0.25, 0.3) is 0 Å². The highest BCUT2D eigenvalue weighted by Crippen LogP contribution is 2.16. The third-order valence-electron chi connectivity index (χ3n) is 3.21. The van der Waals surface area contributed by atoms with Crippen molar-refractivity contribution in [1.29, 1.82) is 5.41 Å². The molecule has 0 aliphatic carbocycles. The first-order chi connectivity index (χ1) is 9.47. The van der Waals surface area contributed by atoms with E-state index in [0.717, 1.165) is 23.5 Å². The van der Waals surface area contributed by atoms with Gasteiger partial charge in [0, 0.05) is 30.5 Å². The van der Waals surface area contributed by atoms with Crippen LogP contribution in [0.25, 0.3) is 0 Å². The van der Waals surface area contributed by atoms with Crippen LogP contribution in [-0.2, 0) is 6.54 Å². The van der Waals surface area contributed by atoms with Crippen LogP contribution in [0.2, 0.25) is 0 Å². The molecule has 20 heavy (non-hydrogen) atoms. The van der Waals surface area contributed by atoms with E-state index in [9.17, 15) is 0 Å². The molecular weight excluding hydrogens is 250 g/mol. The Kier molecular flexibility index (Phi) is 4.08. The SMILES string of the molecule is CC(C)n1ccc(CN(C)c2ccc(C(=N)N)cc2)n1. The van der Waals surface area contributed by atoms with E-state index >= 15 is 0 Å². The van der Waals surface area contributed by atoms with Crippen LogP contribution in [0, 0.1) is 5.41 Å². The quantitative estimate of drug-likeness (QED) is 0.648. The number of hydrogen-bond acceptors (Lipinski definition) is 3. The van der Waals surface area contributed by atoms with Crippen LogP contribution in [0.3, 0.4) is 0 Å². The van der Waals surface area contributed by atoms with Gasteiger partial charge in [-0.15, -0.1) is 0 Å². The molecule has 106 valence electrons. The minimum absolute atomic E-state index is 0.0925. The Morgan fingerprint density at radius 3 is 2.45 bits per heavy atom. The summed E-state index contributed by atoms with van der Waals surface area (Å²) in [4.78, 5) is 2.12. The van der Waals surface area contributed by atoms with Crippen molar-refractivity contribution < 1.29 is 0 Å². The molecule has 0 aliphatic rings. The Morgan fingerprint density at radius 2 is 1.95 bits per heavy atom. The molecule has 1 heterocycles. The first kappa shape index (κ1) is 14.1. The zero-order chi connectivity index (χ0) is 14.7. The van der Waals surface area contributed by atoms with Crippen molar-refractivity contribution in [3.05, 3.63) is 47.8 Å². The van der Waals surface area contributed by atoms with Crippen LogP contribution in [0.5, 0.6) is 0 Å². The molecule has 1 aromatic heterocycles. The van der Waals surface area contributed by atoms with E-state index in [4.69, 9.17) is 11.1 Å². The normalized spacial score (nSPS) is 10.8. The van der Waals surface area contributed by atoms with Crippen molar-refractivity contribution in [2.24, 2.45) is 5.73 Å². The number of anilines is 1. The number of nitrogens with zero attached hydrogens (tertiary/aromatic N) is 3. The maximum atomic E-state index is 7.39. The van der Waals surface area contributed by atoms with Gasteiger partial charge in [-0.2, -0.15) is 5.10 Å². The maximum Gasteiger partial charge on any atom is 0.122 e. The summed E-state index contributed by atoms with van der Waals surface area (Å²) in [6.07, 6.45) is 2.01. The fourth-order valence-corrected chi connectivity index (χ4v) is 1.98. The van der Waals surface area contributed by atoms with Gasteiger partial charge in [0.15, 0.2) is 0 Å². The molecule has 5 nitrogen and oxygen atoms in total. The van der Waals surface area contributed by atoms with Gasteiger partial charge < -0.3 is 10.6 Å². The predicted molar refractivity (Wildman–Crippen MR) is 82.2 cm³/mol.